The zero-order valence-corrected chi connectivity index (χ0v) is 14.9. The van der Waals surface area contributed by atoms with Gasteiger partial charge in [0, 0.05) is 18.3 Å². The number of imidazole rings is 1. The van der Waals surface area contributed by atoms with E-state index in [1.165, 1.54) is 25.7 Å². The average molecular weight is 353 g/mol. The van der Waals surface area contributed by atoms with Gasteiger partial charge in [-0.15, -0.1) is 5.10 Å². The SMILES string of the molecule is COc1cncc(-c2cnc3ccc(NCCOC4CCCC4)nn23)c1. The monoisotopic (exact) mass is 353 g/mol. The molecular weight excluding hydrogens is 330 g/mol. The Labute approximate surface area is 152 Å². The molecule has 136 valence electrons. The molecule has 0 radical (unpaired) electrons. The van der Waals surface area contributed by atoms with Gasteiger partial charge in [-0.2, -0.15) is 0 Å². The summed E-state index contributed by atoms with van der Waals surface area (Å²) in [6.45, 7) is 1.43. The molecule has 0 bridgehead atoms. The Hall–Kier alpha value is -2.67. The molecule has 0 unspecified atom stereocenters. The van der Waals surface area contributed by atoms with Crippen molar-refractivity contribution >= 4 is 11.5 Å². The second-order valence-electron chi connectivity index (χ2n) is 6.45. The second kappa shape index (κ2) is 7.70. The molecule has 0 aromatic carbocycles. The number of ether oxygens (including phenoxy) is 2. The Bertz CT molecular complexity index is 873. The molecule has 0 aliphatic heterocycles. The van der Waals surface area contributed by atoms with Crippen LogP contribution in [0.1, 0.15) is 25.7 Å². The van der Waals surface area contributed by atoms with Crippen molar-refractivity contribution in [3.05, 3.63) is 36.8 Å². The summed E-state index contributed by atoms with van der Waals surface area (Å²) < 4.78 is 13.0. The Kier molecular flexibility index (Phi) is 4.97. The highest BCUT2D eigenvalue weighted by Crippen LogP contribution is 2.23. The van der Waals surface area contributed by atoms with Crippen LogP contribution >= 0.6 is 0 Å². The van der Waals surface area contributed by atoms with Crippen LogP contribution < -0.4 is 10.1 Å². The third-order valence-corrected chi connectivity index (χ3v) is 4.67. The van der Waals surface area contributed by atoms with Gasteiger partial charge in [-0.3, -0.25) is 4.98 Å². The molecule has 3 aromatic rings. The van der Waals surface area contributed by atoms with Crippen molar-refractivity contribution in [1.29, 1.82) is 0 Å². The van der Waals surface area contributed by atoms with E-state index in [4.69, 9.17) is 9.47 Å². The molecule has 0 atom stereocenters. The van der Waals surface area contributed by atoms with E-state index in [2.05, 4.69) is 20.4 Å². The molecule has 7 nitrogen and oxygen atoms in total. The Morgan fingerprint density at radius 1 is 1.19 bits per heavy atom. The molecule has 1 aliphatic rings. The summed E-state index contributed by atoms with van der Waals surface area (Å²) in [6, 6.07) is 5.81. The summed E-state index contributed by atoms with van der Waals surface area (Å²) in [5, 5.41) is 7.98. The minimum absolute atomic E-state index is 0.438. The summed E-state index contributed by atoms with van der Waals surface area (Å²) in [4.78, 5) is 8.63. The van der Waals surface area contributed by atoms with Crippen molar-refractivity contribution in [1.82, 2.24) is 19.6 Å². The first-order chi connectivity index (χ1) is 12.8. The molecule has 1 fully saturated rings. The molecule has 1 saturated carbocycles. The van der Waals surface area contributed by atoms with Crippen LogP contribution in [0, 0.1) is 0 Å². The first-order valence-corrected chi connectivity index (χ1v) is 9.03. The van der Waals surface area contributed by atoms with E-state index in [0.717, 1.165) is 29.3 Å². The van der Waals surface area contributed by atoms with Crippen molar-refractivity contribution in [2.45, 2.75) is 31.8 Å². The number of anilines is 1. The summed E-state index contributed by atoms with van der Waals surface area (Å²) in [6.07, 6.45) is 10.7. The van der Waals surface area contributed by atoms with Crippen LogP contribution in [-0.2, 0) is 4.74 Å². The standard InChI is InChI=1S/C19H23N5O2/c1-25-16-10-14(11-20-12-16)17-13-22-19-7-6-18(23-24(17)19)21-8-9-26-15-4-2-3-5-15/h6-7,10-13,15H,2-5,8-9H2,1H3,(H,21,23). The number of pyridine rings is 1. The smallest absolute Gasteiger partial charge is 0.154 e. The normalized spacial score (nSPS) is 14.8. The van der Waals surface area contributed by atoms with Crippen molar-refractivity contribution in [3.63, 3.8) is 0 Å². The van der Waals surface area contributed by atoms with Crippen LogP contribution in [0.15, 0.2) is 36.8 Å². The molecule has 3 heterocycles. The predicted octanol–water partition coefficient (Wildman–Crippen LogP) is 3.17. The molecule has 1 N–H and O–H groups in total. The van der Waals surface area contributed by atoms with E-state index in [9.17, 15) is 0 Å². The van der Waals surface area contributed by atoms with Crippen molar-refractivity contribution in [2.24, 2.45) is 0 Å². The van der Waals surface area contributed by atoms with Crippen molar-refractivity contribution in [3.8, 4) is 17.0 Å². The highest BCUT2D eigenvalue weighted by molar-refractivity contribution is 5.64. The van der Waals surface area contributed by atoms with Gasteiger partial charge in [0.2, 0.25) is 0 Å². The summed E-state index contributed by atoms with van der Waals surface area (Å²) in [5.41, 5.74) is 2.57. The number of hydrogen-bond acceptors (Lipinski definition) is 6. The summed E-state index contributed by atoms with van der Waals surface area (Å²) in [7, 11) is 1.63. The Balaban J connectivity index is 1.47. The number of aromatic nitrogens is 4. The van der Waals surface area contributed by atoms with Gasteiger partial charge in [-0.1, -0.05) is 12.8 Å². The predicted molar refractivity (Wildman–Crippen MR) is 99.5 cm³/mol. The van der Waals surface area contributed by atoms with Gasteiger partial charge in [0.05, 0.1) is 37.9 Å². The number of fused-ring (bicyclic) bond motifs is 1. The van der Waals surface area contributed by atoms with Crippen LogP contribution in [0.3, 0.4) is 0 Å². The van der Waals surface area contributed by atoms with Crippen LogP contribution in [0.2, 0.25) is 0 Å². The molecule has 3 aromatic heterocycles. The lowest BCUT2D eigenvalue weighted by molar-refractivity contribution is 0.0658. The minimum Gasteiger partial charge on any atom is -0.495 e. The third-order valence-electron chi connectivity index (χ3n) is 4.67. The quantitative estimate of drug-likeness (QED) is 0.658. The fourth-order valence-electron chi connectivity index (χ4n) is 3.29. The maximum absolute atomic E-state index is 5.88. The fourth-order valence-corrected chi connectivity index (χ4v) is 3.29. The van der Waals surface area contributed by atoms with E-state index in [1.807, 2.05) is 22.7 Å². The number of hydrogen-bond donors (Lipinski definition) is 1. The van der Waals surface area contributed by atoms with Crippen LogP contribution in [-0.4, -0.2) is 45.9 Å². The van der Waals surface area contributed by atoms with Gasteiger partial charge in [0.15, 0.2) is 5.65 Å². The highest BCUT2D eigenvalue weighted by Gasteiger charge is 2.14. The lowest BCUT2D eigenvalue weighted by atomic mass is 10.2. The van der Waals surface area contributed by atoms with Gasteiger partial charge in [0.25, 0.3) is 0 Å². The van der Waals surface area contributed by atoms with Crippen molar-refractivity contribution in [2.75, 3.05) is 25.6 Å². The second-order valence-corrected chi connectivity index (χ2v) is 6.45. The molecular formula is C19H23N5O2. The van der Waals surface area contributed by atoms with E-state index >= 15 is 0 Å². The van der Waals surface area contributed by atoms with E-state index < -0.39 is 0 Å². The Morgan fingerprint density at radius 2 is 2.08 bits per heavy atom. The van der Waals surface area contributed by atoms with Gasteiger partial charge in [0.1, 0.15) is 11.6 Å². The Morgan fingerprint density at radius 3 is 2.92 bits per heavy atom. The van der Waals surface area contributed by atoms with Crippen LogP contribution in [0.25, 0.3) is 16.9 Å². The summed E-state index contributed by atoms with van der Waals surface area (Å²) in [5.74, 6) is 1.50. The number of nitrogens with zero attached hydrogens (tertiary/aromatic N) is 4. The molecule has 1 aliphatic carbocycles. The molecule has 0 amide bonds. The number of methoxy groups -OCH3 is 1. The topological polar surface area (TPSA) is 73.6 Å². The first kappa shape index (κ1) is 16.8. The van der Waals surface area contributed by atoms with E-state index in [0.29, 0.717) is 18.5 Å². The zero-order chi connectivity index (χ0) is 17.8. The largest absolute Gasteiger partial charge is 0.495 e. The minimum atomic E-state index is 0.438. The zero-order valence-electron chi connectivity index (χ0n) is 14.9. The maximum Gasteiger partial charge on any atom is 0.154 e. The lowest BCUT2D eigenvalue weighted by Crippen LogP contribution is -2.16. The van der Waals surface area contributed by atoms with E-state index in [-0.39, 0.29) is 0 Å². The van der Waals surface area contributed by atoms with Gasteiger partial charge < -0.3 is 14.8 Å². The van der Waals surface area contributed by atoms with Crippen molar-refractivity contribution < 1.29 is 9.47 Å². The van der Waals surface area contributed by atoms with Crippen LogP contribution in [0.4, 0.5) is 5.82 Å². The molecule has 4 rings (SSSR count). The molecule has 0 spiro atoms. The molecule has 26 heavy (non-hydrogen) atoms. The average Bonchev–Trinajstić information content (AvgIpc) is 3.34. The number of rotatable bonds is 7. The number of nitrogens with one attached hydrogen (secondary N) is 1. The summed E-state index contributed by atoms with van der Waals surface area (Å²) >= 11 is 0. The van der Waals surface area contributed by atoms with Gasteiger partial charge in [-0.05, 0) is 31.0 Å². The first-order valence-electron chi connectivity index (χ1n) is 9.03. The third kappa shape index (κ3) is 3.62. The van der Waals surface area contributed by atoms with Gasteiger partial charge in [-0.25, -0.2) is 9.50 Å². The lowest BCUT2D eigenvalue weighted by Gasteiger charge is -2.12. The molecule has 7 heteroatoms. The van der Waals surface area contributed by atoms with E-state index in [1.54, 1.807) is 25.7 Å². The van der Waals surface area contributed by atoms with Crippen LogP contribution in [0.5, 0.6) is 5.75 Å². The molecule has 0 saturated heterocycles. The maximum atomic E-state index is 5.88. The van der Waals surface area contributed by atoms with Gasteiger partial charge >= 0.3 is 0 Å². The fraction of sp³-hybridized carbons (Fsp3) is 0.421. The highest BCUT2D eigenvalue weighted by atomic mass is 16.5.